The number of anilines is 3. The summed E-state index contributed by atoms with van der Waals surface area (Å²) in [7, 11) is 3.25. The van der Waals surface area contributed by atoms with Crippen molar-refractivity contribution >= 4 is 35.0 Å². The number of rotatable bonds is 6. The molecule has 0 aliphatic carbocycles. The predicted octanol–water partition coefficient (Wildman–Crippen LogP) is 2.67. The largest absolute Gasteiger partial charge is 0.495 e. The highest BCUT2D eigenvalue weighted by Gasteiger charge is 2.11. The molecule has 23 heavy (non-hydrogen) atoms. The SMILES string of the molecule is CCNC(=O)c1ccc(Nc2ncc(Cl)c(NC)n2)c(OC)c1. The van der Waals surface area contributed by atoms with E-state index < -0.39 is 0 Å². The Balaban J connectivity index is 2.27. The van der Waals surface area contributed by atoms with Crippen LogP contribution in [0.1, 0.15) is 17.3 Å². The van der Waals surface area contributed by atoms with E-state index in [0.29, 0.717) is 40.3 Å². The minimum absolute atomic E-state index is 0.155. The molecule has 1 aromatic carbocycles. The zero-order valence-corrected chi connectivity index (χ0v) is 13.9. The summed E-state index contributed by atoms with van der Waals surface area (Å²) in [6.07, 6.45) is 1.50. The molecule has 122 valence electrons. The van der Waals surface area contributed by atoms with Crippen LogP contribution in [0.5, 0.6) is 5.75 Å². The quantitative estimate of drug-likeness (QED) is 0.752. The van der Waals surface area contributed by atoms with Gasteiger partial charge in [0.1, 0.15) is 16.6 Å². The van der Waals surface area contributed by atoms with Crippen LogP contribution >= 0.6 is 11.6 Å². The first-order valence-corrected chi connectivity index (χ1v) is 7.40. The molecule has 0 saturated carbocycles. The van der Waals surface area contributed by atoms with Gasteiger partial charge in [0.15, 0.2) is 0 Å². The second kappa shape index (κ2) is 7.64. The molecular formula is C15H18ClN5O2. The van der Waals surface area contributed by atoms with Crippen LogP contribution in [0.15, 0.2) is 24.4 Å². The Labute approximate surface area is 139 Å². The molecular weight excluding hydrogens is 318 g/mol. The predicted molar refractivity (Wildman–Crippen MR) is 90.9 cm³/mol. The highest BCUT2D eigenvalue weighted by molar-refractivity contribution is 6.32. The molecule has 0 radical (unpaired) electrons. The molecule has 1 aromatic heterocycles. The van der Waals surface area contributed by atoms with Gasteiger partial charge < -0.3 is 20.7 Å². The number of benzene rings is 1. The Hall–Kier alpha value is -2.54. The average molecular weight is 336 g/mol. The first-order valence-electron chi connectivity index (χ1n) is 7.02. The molecule has 0 fully saturated rings. The fourth-order valence-electron chi connectivity index (χ4n) is 1.92. The van der Waals surface area contributed by atoms with E-state index in [4.69, 9.17) is 16.3 Å². The fraction of sp³-hybridized carbons (Fsp3) is 0.267. The van der Waals surface area contributed by atoms with E-state index in [9.17, 15) is 4.79 Å². The molecule has 7 nitrogen and oxygen atoms in total. The first-order chi connectivity index (χ1) is 11.1. The summed E-state index contributed by atoms with van der Waals surface area (Å²) in [5.74, 6) is 1.24. The van der Waals surface area contributed by atoms with Gasteiger partial charge in [-0.2, -0.15) is 4.98 Å². The fourth-order valence-corrected chi connectivity index (χ4v) is 2.11. The average Bonchev–Trinajstić information content (AvgIpc) is 2.57. The number of ether oxygens (including phenoxy) is 1. The van der Waals surface area contributed by atoms with Crippen LogP contribution in [0.25, 0.3) is 0 Å². The van der Waals surface area contributed by atoms with Crippen molar-refractivity contribution in [2.45, 2.75) is 6.92 Å². The summed E-state index contributed by atoms with van der Waals surface area (Å²) < 4.78 is 5.33. The topological polar surface area (TPSA) is 88.2 Å². The number of aromatic nitrogens is 2. The number of carbonyl (C=O) groups excluding carboxylic acids is 1. The third-order valence-electron chi connectivity index (χ3n) is 3.03. The maximum absolute atomic E-state index is 11.9. The summed E-state index contributed by atoms with van der Waals surface area (Å²) in [4.78, 5) is 20.2. The Morgan fingerprint density at radius 2 is 2.17 bits per heavy atom. The van der Waals surface area contributed by atoms with Gasteiger partial charge in [0, 0.05) is 19.2 Å². The summed E-state index contributed by atoms with van der Waals surface area (Å²) in [6, 6.07) is 5.09. The van der Waals surface area contributed by atoms with Gasteiger partial charge in [0.05, 0.1) is 19.0 Å². The van der Waals surface area contributed by atoms with Crippen molar-refractivity contribution in [3.05, 3.63) is 35.0 Å². The first kappa shape index (κ1) is 16.8. The molecule has 0 bridgehead atoms. The van der Waals surface area contributed by atoms with Crippen molar-refractivity contribution in [3.8, 4) is 5.75 Å². The maximum atomic E-state index is 11.9. The molecule has 8 heteroatoms. The zero-order chi connectivity index (χ0) is 16.8. The highest BCUT2D eigenvalue weighted by atomic mass is 35.5. The van der Waals surface area contributed by atoms with Gasteiger partial charge in [0.2, 0.25) is 5.95 Å². The van der Waals surface area contributed by atoms with E-state index in [-0.39, 0.29) is 5.91 Å². The molecule has 0 atom stereocenters. The van der Waals surface area contributed by atoms with Gasteiger partial charge in [-0.25, -0.2) is 4.98 Å². The van der Waals surface area contributed by atoms with Gasteiger partial charge in [0.25, 0.3) is 5.91 Å². The molecule has 0 spiro atoms. The number of hydrogen-bond donors (Lipinski definition) is 3. The number of halogens is 1. The standard InChI is InChI=1S/C15H18ClN5O2/c1-4-18-14(22)9-5-6-11(12(7-9)23-3)20-15-19-8-10(16)13(17-2)21-15/h5-8H,4H2,1-3H3,(H,18,22)(H2,17,19,20,21). The Morgan fingerprint density at radius 3 is 2.83 bits per heavy atom. The van der Waals surface area contributed by atoms with Gasteiger partial charge in [-0.15, -0.1) is 0 Å². The van der Waals surface area contributed by atoms with E-state index in [2.05, 4.69) is 25.9 Å². The second-order valence-electron chi connectivity index (χ2n) is 4.54. The second-order valence-corrected chi connectivity index (χ2v) is 4.95. The lowest BCUT2D eigenvalue weighted by atomic mass is 10.1. The zero-order valence-electron chi connectivity index (χ0n) is 13.1. The van der Waals surface area contributed by atoms with Crippen molar-refractivity contribution in [2.75, 3.05) is 31.3 Å². The Morgan fingerprint density at radius 1 is 1.39 bits per heavy atom. The normalized spacial score (nSPS) is 10.1. The Kier molecular flexibility index (Phi) is 5.59. The molecule has 3 N–H and O–H groups in total. The van der Waals surface area contributed by atoms with Gasteiger partial charge >= 0.3 is 0 Å². The molecule has 1 heterocycles. The monoisotopic (exact) mass is 335 g/mol. The van der Waals surface area contributed by atoms with E-state index in [0.717, 1.165) is 0 Å². The van der Waals surface area contributed by atoms with Crippen LogP contribution in [0.2, 0.25) is 5.02 Å². The summed E-state index contributed by atoms with van der Waals surface area (Å²) in [5, 5.41) is 9.10. The summed E-state index contributed by atoms with van der Waals surface area (Å²) in [6.45, 7) is 2.43. The lowest BCUT2D eigenvalue weighted by molar-refractivity contribution is 0.0955. The minimum atomic E-state index is -0.155. The van der Waals surface area contributed by atoms with Crippen molar-refractivity contribution in [3.63, 3.8) is 0 Å². The lowest BCUT2D eigenvalue weighted by Crippen LogP contribution is -2.22. The molecule has 1 amide bonds. The third-order valence-corrected chi connectivity index (χ3v) is 3.31. The van der Waals surface area contributed by atoms with Crippen LogP contribution < -0.4 is 20.7 Å². The number of hydrogen-bond acceptors (Lipinski definition) is 6. The third kappa shape index (κ3) is 4.01. The van der Waals surface area contributed by atoms with Crippen LogP contribution in [-0.2, 0) is 0 Å². The number of amides is 1. The van der Waals surface area contributed by atoms with Crippen LogP contribution in [0.4, 0.5) is 17.5 Å². The number of carbonyl (C=O) groups is 1. The molecule has 2 rings (SSSR count). The van der Waals surface area contributed by atoms with Gasteiger partial charge in [-0.3, -0.25) is 4.79 Å². The van der Waals surface area contributed by atoms with Crippen molar-refractivity contribution in [1.29, 1.82) is 0 Å². The Bertz CT molecular complexity index is 708. The van der Waals surface area contributed by atoms with E-state index in [1.54, 1.807) is 25.2 Å². The maximum Gasteiger partial charge on any atom is 0.251 e. The van der Waals surface area contributed by atoms with Gasteiger partial charge in [-0.05, 0) is 25.1 Å². The van der Waals surface area contributed by atoms with E-state index in [1.807, 2.05) is 6.92 Å². The highest BCUT2D eigenvalue weighted by Crippen LogP contribution is 2.28. The number of methoxy groups -OCH3 is 1. The number of nitrogens with one attached hydrogen (secondary N) is 3. The lowest BCUT2D eigenvalue weighted by Gasteiger charge is -2.12. The smallest absolute Gasteiger partial charge is 0.251 e. The van der Waals surface area contributed by atoms with Crippen molar-refractivity contribution in [2.24, 2.45) is 0 Å². The van der Waals surface area contributed by atoms with Crippen molar-refractivity contribution in [1.82, 2.24) is 15.3 Å². The van der Waals surface area contributed by atoms with Gasteiger partial charge in [-0.1, -0.05) is 11.6 Å². The molecule has 0 aliphatic rings. The minimum Gasteiger partial charge on any atom is -0.495 e. The molecule has 0 aliphatic heterocycles. The van der Waals surface area contributed by atoms with Crippen LogP contribution in [0.3, 0.4) is 0 Å². The van der Waals surface area contributed by atoms with Crippen LogP contribution in [0, 0.1) is 0 Å². The van der Waals surface area contributed by atoms with E-state index >= 15 is 0 Å². The molecule has 0 unspecified atom stereocenters. The van der Waals surface area contributed by atoms with E-state index in [1.165, 1.54) is 13.3 Å². The number of nitrogens with zero attached hydrogens (tertiary/aromatic N) is 2. The van der Waals surface area contributed by atoms with Crippen molar-refractivity contribution < 1.29 is 9.53 Å². The molecule has 2 aromatic rings. The summed E-state index contributed by atoms with van der Waals surface area (Å²) in [5.41, 5.74) is 1.16. The summed E-state index contributed by atoms with van der Waals surface area (Å²) >= 11 is 5.96. The molecule has 0 saturated heterocycles. The van der Waals surface area contributed by atoms with Crippen LogP contribution in [-0.4, -0.2) is 36.6 Å².